The van der Waals surface area contributed by atoms with Crippen molar-refractivity contribution in [1.29, 1.82) is 0 Å². The number of hydrogen-bond donors (Lipinski definition) is 2. The average molecular weight is 284 g/mol. The molecule has 0 aromatic heterocycles. The first kappa shape index (κ1) is 14.9. The van der Waals surface area contributed by atoms with Gasteiger partial charge < -0.3 is 15.8 Å². The standard InChI is InChI=1S/C17H20N2O2/c1-10-7-11(2)16(12(3)8-10)17(20)19-15-9-13(21-4)5-6-14(15)18/h5-9H,18H2,1-4H3,(H,19,20). The summed E-state index contributed by atoms with van der Waals surface area (Å²) in [6, 6.07) is 9.18. The lowest BCUT2D eigenvalue weighted by atomic mass is 9.99. The summed E-state index contributed by atoms with van der Waals surface area (Å²) in [5, 5.41) is 2.86. The van der Waals surface area contributed by atoms with Gasteiger partial charge in [-0.1, -0.05) is 17.7 Å². The SMILES string of the molecule is COc1ccc(N)c(NC(=O)c2c(C)cc(C)cc2C)c1. The van der Waals surface area contributed by atoms with Crippen molar-refractivity contribution in [3.8, 4) is 5.75 Å². The molecule has 0 unspecified atom stereocenters. The Morgan fingerprint density at radius 2 is 1.71 bits per heavy atom. The summed E-state index contributed by atoms with van der Waals surface area (Å²) in [7, 11) is 1.57. The minimum absolute atomic E-state index is 0.162. The zero-order valence-corrected chi connectivity index (χ0v) is 12.8. The van der Waals surface area contributed by atoms with Crippen molar-refractivity contribution < 1.29 is 9.53 Å². The van der Waals surface area contributed by atoms with Crippen molar-refractivity contribution in [2.75, 3.05) is 18.2 Å². The molecule has 0 atom stereocenters. The second-order valence-electron chi connectivity index (χ2n) is 5.18. The second-order valence-corrected chi connectivity index (χ2v) is 5.18. The highest BCUT2D eigenvalue weighted by molar-refractivity contribution is 6.07. The monoisotopic (exact) mass is 284 g/mol. The molecule has 0 saturated heterocycles. The number of benzene rings is 2. The maximum absolute atomic E-state index is 12.5. The van der Waals surface area contributed by atoms with Crippen LogP contribution in [0, 0.1) is 20.8 Å². The number of carbonyl (C=O) groups is 1. The van der Waals surface area contributed by atoms with E-state index in [4.69, 9.17) is 10.5 Å². The lowest BCUT2D eigenvalue weighted by Gasteiger charge is -2.13. The molecule has 1 amide bonds. The Hall–Kier alpha value is -2.49. The Bertz CT molecular complexity index is 670. The van der Waals surface area contributed by atoms with Gasteiger partial charge in [0.25, 0.3) is 5.91 Å². The topological polar surface area (TPSA) is 64.3 Å². The smallest absolute Gasteiger partial charge is 0.256 e. The zero-order chi connectivity index (χ0) is 15.6. The number of aryl methyl sites for hydroxylation is 3. The molecule has 0 saturated carbocycles. The number of rotatable bonds is 3. The van der Waals surface area contributed by atoms with E-state index >= 15 is 0 Å². The molecule has 0 bridgehead atoms. The number of carbonyl (C=O) groups excluding carboxylic acids is 1. The fourth-order valence-corrected chi connectivity index (χ4v) is 2.49. The fourth-order valence-electron chi connectivity index (χ4n) is 2.49. The molecule has 0 fully saturated rings. The molecule has 3 N–H and O–H groups in total. The van der Waals surface area contributed by atoms with Gasteiger partial charge in [0.1, 0.15) is 5.75 Å². The maximum Gasteiger partial charge on any atom is 0.256 e. The van der Waals surface area contributed by atoms with E-state index in [-0.39, 0.29) is 5.91 Å². The first-order valence-electron chi connectivity index (χ1n) is 6.75. The predicted molar refractivity (Wildman–Crippen MR) is 86.0 cm³/mol. The van der Waals surface area contributed by atoms with Gasteiger partial charge in [-0.05, 0) is 44.0 Å². The van der Waals surface area contributed by atoms with E-state index in [0.717, 1.165) is 16.7 Å². The summed E-state index contributed by atoms with van der Waals surface area (Å²) >= 11 is 0. The van der Waals surface area contributed by atoms with Crippen LogP contribution in [0.15, 0.2) is 30.3 Å². The normalized spacial score (nSPS) is 10.3. The van der Waals surface area contributed by atoms with Gasteiger partial charge in [0.2, 0.25) is 0 Å². The summed E-state index contributed by atoms with van der Waals surface area (Å²) < 4.78 is 5.15. The number of ether oxygens (including phenoxy) is 1. The molecule has 0 spiro atoms. The van der Waals surface area contributed by atoms with Crippen molar-refractivity contribution in [3.63, 3.8) is 0 Å². The fraction of sp³-hybridized carbons (Fsp3) is 0.235. The summed E-state index contributed by atoms with van der Waals surface area (Å²) in [5.74, 6) is 0.488. The Morgan fingerprint density at radius 3 is 2.29 bits per heavy atom. The Balaban J connectivity index is 2.35. The number of anilines is 2. The highest BCUT2D eigenvalue weighted by Crippen LogP contribution is 2.26. The molecule has 0 aliphatic heterocycles. The minimum Gasteiger partial charge on any atom is -0.497 e. The van der Waals surface area contributed by atoms with Crippen molar-refractivity contribution >= 4 is 17.3 Å². The summed E-state index contributed by atoms with van der Waals surface area (Å²) in [6.07, 6.45) is 0. The molecule has 4 heteroatoms. The van der Waals surface area contributed by atoms with Crippen LogP contribution in [0.3, 0.4) is 0 Å². The van der Waals surface area contributed by atoms with Crippen molar-refractivity contribution in [1.82, 2.24) is 0 Å². The van der Waals surface area contributed by atoms with Crippen LogP contribution in [0.25, 0.3) is 0 Å². The van der Waals surface area contributed by atoms with Crippen molar-refractivity contribution in [2.45, 2.75) is 20.8 Å². The van der Waals surface area contributed by atoms with Crippen LogP contribution in [0.2, 0.25) is 0 Å². The summed E-state index contributed by atoms with van der Waals surface area (Å²) in [6.45, 7) is 5.88. The Morgan fingerprint density at radius 1 is 1.10 bits per heavy atom. The summed E-state index contributed by atoms with van der Waals surface area (Å²) in [4.78, 5) is 12.5. The van der Waals surface area contributed by atoms with Crippen LogP contribution in [-0.4, -0.2) is 13.0 Å². The van der Waals surface area contributed by atoms with E-state index in [9.17, 15) is 4.79 Å². The van der Waals surface area contributed by atoms with Crippen molar-refractivity contribution in [3.05, 3.63) is 52.6 Å². The van der Waals surface area contributed by atoms with Gasteiger partial charge in [0.05, 0.1) is 18.5 Å². The third-order valence-electron chi connectivity index (χ3n) is 3.41. The van der Waals surface area contributed by atoms with E-state index in [0.29, 0.717) is 22.7 Å². The first-order chi connectivity index (χ1) is 9.92. The lowest BCUT2D eigenvalue weighted by molar-refractivity contribution is 0.102. The predicted octanol–water partition coefficient (Wildman–Crippen LogP) is 3.45. The highest BCUT2D eigenvalue weighted by atomic mass is 16.5. The molecule has 0 heterocycles. The maximum atomic E-state index is 12.5. The van der Waals surface area contributed by atoms with Crippen LogP contribution >= 0.6 is 0 Å². The van der Waals surface area contributed by atoms with Gasteiger partial charge in [-0.2, -0.15) is 0 Å². The zero-order valence-electron chi connectivity index (χ0n) is 12.8. The van der Waals surface area contributed by atoms with E-state index < -0.39 is 0 Å². The van der Waals surface area contributed by atoms with Gasteiger partial charge in [-0.15, -0.1) is 0 Å². The molecule has 2 aromatic rings. The molecule has 110 valence electrons. The molecule has 2 aromatic carbocycles. The van der Waals surface area contributed by atoms with E-state index in [1.165, 1.54) is 0 Å². The van der Waals surface area contributed by atoms with Gasteiger partial charge >= 0.3 is 0 Å². The third kappa shape index (κ3) is 3.16. The quantitative estimate of drug-likeness (QED) is 0.848. The van der Waals surface area contributed by atoms with Crippen LogP contribution in [0.1, 0.15) is 27.0 Å². The summed E-state index contributed by atoms with van der Waals surface area (Å²) in [5.41, 5.74) is 10.7. The van der Waals surface area contributed by atoms with Gasteiger partial charge in [-0.3, -0.25) is 4.79 Å². The second kappa shape index (κ2) is 5.87. The van der Waals surface area contributed by atoms with E-state index in [1.807, 2.05) is 32.9 Å². The number of hydrogen-bond acceptors (Lipinski definition) is 3. The highest BCUT2D eigenvalue weighted by Gasteiger charge is 2.14. The first-order valence-corrected chi connectivity index (χ1v) is 6.75. The molecule has 0 aliphatic carbocycles. The lowest BCUT2D eigenvalue weighted by Crippen LogP contribution is -2.16. The number of methoxy groups -OCH3 is 1. The largest absolute Gasteiger partial charge is 0.497 e. The van der Waals surface area contributed by atoms with Gasteiger partial charge in [0, 0.05) is 11.6 Å². The van der Waals surface area contributed by atoms with Crippen molar-refractivity contribution in [2.24, 2.45) is 0 Å². The molecule has 21 heavy (non-hydrogen) atoms. The Labute approximate surface area is 124 Å². The molecular weight excluding hydrogens is 264 g/mol. The molecule has 0 radical (unpaired) electrons. The molecule has 4 nitrogen and oxygen atoms in total. The molecule has 0 aliphatic rings. The molecule has 2 rings (SSSR count). The number of amides is 1. The van der Waals surface area contributed by atoms with E-state index in [1.54, 1.807) is 25.3 Å². The number of nitrogens with two attached hydrogens (primary N) is 1. The van der Waals surface area contributed by atoms with Gasteiger partial charge in [0.15, 0.2) is 0 Å². The molecular formula is C17H20N2O2. The average Bonchev–Trinajstić information content (AvgIpc) is 2.40. The van der Waals surface area contributed by atoms with Gasteiger partial charge in [-0.25, -0.2) is 0 Å². The van der Waals surface area contributed by atoms with Crippen LogP contribution < -0.4 is 15.8 Å². The number of nitrogens with one attached hydrogen (secondary N) is 1. The van der Waals surface area contributed by atoms with Crippen LogP contribution in [0.4, 0.5) is 11.4 Å². The minimum atomic E-state index is -0.162. The van der Waals surface area contributed by atoms with Crippen LogP contribution in [0.5, 0.6) is 5.75 Å². The Kier molecular flexibility index (Phi) is 4.17. The van der Waals surface area contributed by atoms with E-state index in [2.05, 4.69) is 5.32 Å². The number of nitrogen functional groups attached to an aromatic ring is 1. The third-order valence-corrected chi connectivity index (χ3v) is 3.41. The van der Waals surface area contributed by atoms with Crippen LogP contribution in [-0.2, 0) is 0 Å².